The molecule has 0 bridgehead atoms. The molecule has 2 heterocycles. The van der Waals surface area contributed by atoms with Crippen LogP contribution in [0, 0.1) is 6.92 Å². The summed E-state index contributed by atoms with van der Waals surface area (Å²) >= 11 is 1.31. The molecule has 33 heavy (non-hydrogen) atoms. The molecule has 0 radical (unpaired) electrons. The highest BCUT2D eigenvalue weighted by Gasteiger charge is 2.13. The smallest absolute Gasteiger partial charge is 0.291 e. The van der Waals surface area contributed by atoms with Gasteiger partial charge in [-0.1, -0.05) is 72.0 Å². The van der Waals surface area contributed by atoms with Crippen LogP contribution in [0.15, 0.2) is 77.6 Å². The SMILES string of the molecule is COc1cc(/C=c2\sc3nc(-c4ccccc4C)nn3c2=O)ccc1OCc1ccccc1. The summed E-state index contributed by atoms with van der Waals surface area (Å²) in [4.78, 5) is 18.1. The van der Waals surface area contributed by atoms with Crippen molar-refractivity contribution in [2.45, 2.75) is 13.5 Å². The molecule has 5 rings (SSSR count). The van der Waals surface area contributed by atoms with Crippen molar-refractivity contribution in [3.8, 4) is 22.9 Å². The fourth-order valence-electron chi connectivity index (χ4n) is 3.55. The molecule has 0 N–H and O–H groups in total. The predicted octanol–water partition coefficient (Wildman–Crippen LogP) is 4.26. The van der Waals surface area contributed by atoms with Gasteiger partial charge in [0.05, 0.1) is 11.6 Å². The van der Waals surface area contributed by atoms with Gasteiger partial charge in [-0.25, -0.2) is 0 Å². The van der Waals surface area contributed by atoms with Gasteiger partial charge in [0, 0.05) is 5.56 Å². The van der Waals surface area contributed by atoms with Crippen molar-refractivity contribution < 1.29 is 9.47 Å². The van der Waals surface area contributed by atoms with E-state index >= 15 is 0 Å². The lowest BCUT2D eigenvalue weighted by molar-refractivity contribution is 0.284. The standard InChI is InChI=1S/C26H21N3O3S/c1-17-8-6-7-11-20(17)24-27-26-29(28-24)25(30)23(33-26)15-19-12-13-21(22(14-19)31-2)32-16-18-9-4-3-5-10-18/h3-15H,16H2,1-2H3/b23-15-. The Kier molecular flexibility index (Phi) is 5.62. The van der Waals surface area contributed by atoms with Gasteiger partial charge < -0.3 is 9.47 Å². The minimum Gasteiger partial charge on any atom is -0.493 e. The Labute approximate surface area is 194 Å². The molecule has 0 saturated heterocycles. The molecule has 0 saturated carbocycles. The molecule has 164 valence electrons. The first-order valence-electron chi connectivity index (χ1n) is 10.4. The lowest BCUT2D eigenvalue weighted by Gasteiger charge is -2.11. The van der Waals surface area contributed by atoms with Gasteiger partial charge >= 0.3 is 0 Å². The number of fused-ring (bicyclic) bond motifs is 1. The molecular weight excluding hydrogens is 434 g/mol. The molecule has 0 unspecified atom stereocenters. The van der Waals surface area contributed by atoms with Crippen LogP contribution in [-0.2, 0) is 6.61 Å². The number of thiazole rings is 1. The lowest BCUT2D eigenvalue weighted by Crippen LogP contribution is -2.23. The predicted molar refractivity (Wildman–Crippen MR) is 130 cm³/mol. The molecule has 2 aromatic heterocycles. The summed E-state index contributed by atoms with van der Waals surface area (Å²) in [6.45, 7) is 2.45. The highest BCUT2D eigenvalue weighted by Crippen LogP contribution is 2.29. The number of hydrogen-bond donors (Lipinski definition) is 0. The molecule has 0 aliphatic carbocycles. The summed E-state index contributed by atoms with van der Waals surface area (Å²) in [5.41, 5.74) is 3.71. The molecular formula is C26H21N3O3S. The number of nitrogens with zero attached hydrogens (tertiary/aromatic N) is 3. The van der Waals surface area contributed by atoms with Crippen LogP contribution in [-0.4, -0.2) is 21.7 Å². The third-order valence-corrected chi connectivity index (χ3v) is 6.25. The maximum Gasteiger partial charge on any atom is 0.291 e. The van der Waals surface area contributed by atoms with Gasteiger partial charge in [-0.15, -0.1) is 5.10 Å². The first kappa shape index (κ1) is 20.9. The van der Waals surface area contributed by atoms with Crippen LogP contribution in [0.1, 0.15) is 16.7 Å². The van der Waals surface area contributed by atoms with Gasteiger partial charge in [-0.3, -0.25) is 4.79 Å². The maximum absolute atomic E-state index is 12.9. The highest BCUT2D eigenvalue weighted by atomic mass is 32.1. The van der Waals surface area contributed by atoms with Crippen LogP contribution >= 0.6 is 11.3 Å². The van der Waals surface area contributed by atoms with Crippen molar-refractivity contribution in [3.05, 3.63) is 104 Å². The quantitative estimate of drug-likeness (QED) is 0.383. The van der Waals surface area contributed by atoms with Crippen molar-refractivity contribution in [1.29, 1.82) is 0 Å². The molecule has 7 heteroatoms. The Hall–Kier alpha value is -3.97. The van der Waals surface area contributed by atoms with Crippen LogP contribution in [0.4, 0.5) is 0 Å². The van der Waals surface area contributed by atoms with E-state index in [4.69, 9.17) is 9.47 Å². The van der Waals surface area contributed by atoms with Crippen LogP contribution in [0.5, 0.6) is 11.5 Å². The molecule has 0 amide bonds. The van der Waals surface area contributed by atoms with Gasteiger partial charge in [-0.2, -0.15) is 9.50 Å². The average molecular weight is 456 g/mol. The van der Waals surface area contributed by atoms with E-state index in [0.717, 1.165) is 22.3 Å². The molecule has 0 spiro atoms. The topological polar surface area (TPSA) is 65.7 Å². The van der Waals surface area contributed by atoms with E-state index in [1.807, 2.05) is 85.8 Å². The minimum absolute atomic E-state index is 0.189. The Morgan fingerprint density at radius 1 is 1.00 bits per heavy atom. The van der Waals surface area contributed by atoms with E-state index in [2.05, 4.69) is 10.1 Å². The fourth-order valence-corrected chi connectivity index (χ4v) is 4.46. The van der Waals surface area contributed by atoms with Crippen LogP contribution in [0.2, 0.25) is 0 Å². The van der Waals surface area contributed by atoms with Crippen molar-refractivity contribution in [2.75, 3.05) is 7.11 Å². The number of ether oxygens (including phenoxy) is 2. The normalized spacial score (nSPS) is 11.8. The van der Waals surface area contributed by atoms with Gasteiger partial charge in [0.15, 0.2) is 17.3 Å². The van der Waals surface area contributed by atoms with E-state index in [0.29, 0.717) is 33.4 Å². The summed E-state index contributed by atoms with van der Waals surface area (Å²) in [5, 5.41) is 4.45. The van der Waals surface area contributed by atoms with Gasteiger partial charge in [-0.05, 0) is 41.8 Å². The number of rotatable bonds is 6. The summed E-state index contributed by atoms with van der Waals surface area (Å²) in [6, 6.07) is 23.4. The molecule has 0 fully saturated rings. The minimum atomic E-state index is -0.189. The van der Waals surface area contributed by atoms with Gasteiger partial charge in [0.2, 0.25) is 4.96 Å². The number of benzene rings is 3. The Morgan fingerprint density at radius 2 is 1.79 bits per heavy atom. The molecule has 3 aromatic carbocycles. The van der Waals surface area contributed by atoms with E-state index in [9.17, 15) is 4.79 Å². The molecule has 5 aromatic rings. The number of aryl methyl sites for hydroxylation is 1. The van der Waals surface area contributed by atoms with E-state index in [-0.39, 0.29) is 5.56 Å². The first-order chi connectivity index (χ1) is 16.1. The first-order valence-corrected chi connectivity index (χ1v) is 11.3. The van der Waals surface area contributed by atoms with Gasteiger partial charge in [0.1, 0.15) is 6.61 Å². The molecule has 0 aliphatic heterocycles. The van der Waals surface area contributed by atoms with Crippen molar-refractivity contribution in [3.63, 3.8) is 0 Å². The van der Waals surface area contributed by atoms with E-state index in [1.54, 1.807) is 7.11 Å². The summed E-state index contributed by atoms with van der Waals surface area (Å²) in [6.07, 6.45) is 1.82. The summed E-state index contributed by atoms with van der Waals surface area (Å²) in [7, 11) is 1.60. The lowest BCUT2D eigenvalue weighted by atomic mass is 10.1. The molecule has 0 atom stereocenters. The zero-order valence-corrected chi connectivity index (χ0v) is 19.0. The third-order valence-electron chi connectivity index (χ3n) is 5.29. The van der Waals surface area contributed by atoms with Crippen LogP contribution < -0.4 is 19.6 Å². The second-order valence-electron chi connectivity index (χ2n) is 7.55. The van der Waals surface area contributed by atoms with Crippen molar-refractivity contribution in [2.24, 2.45) is 0 Å². The second kappa shape index (κ2) is 8.88. The van der Waals surface area contributed by atoms with Crippen molar-refractivity contribution in [1.82, 2.24) is 14.6 Å². The van der Waals surface area contributed by atoms with Crippen LogP contribution in [0.3, 0.4) is 0 Å². The molecule has 0 aliphatic rings. The Bertz CT molecular complexity index is 1540. The van der Waals surface area contributed by atoms with Gasteiger partial charge in [0.25, 0.3) is 5.56 Å². The third kappa shape index (κ3) is 4.23. The zero-order chi connectivity index (χ0) is 22.8. The van der Waals surface area contributed by atoms with Crippen molar-refractivity contribution >= 4 is 22.4 Å². The van der Waals surface area contributed by atoms with Crippen LogP contribution in [0.25, 0.3) is 22.4 Å². The number of methoxy groups -OCH3 is 1. The Morgan fingerprint density at radius 3 is 2.55 bits per heavy atom. The number of aromatic nitrogens is 3. The second-order valence-corrected chi connectivity index (χ2v) is 8.55. The largest absolute Gasteiger partial charge is 0.493 e. The van der Waals surface area contributed by atoms with E-state index in [1.165, 1.54) is 15.9 Å². The maximum atomic E-state index is 12.9. The molecule has 6 nitrogen and oxygen atoms in total. The highest BCUT2D eigenvalue weighted by molar-refractivity contribution is 7.15. The summed E-state index contributed by atoms with van der Waals surface area (Å²) < 4.78 is 13.4. The summed E-state index contributed by atoms with van der Waals surface area (Å²) in [5.74, 6) is 1.81. The number of hydrogen-bond acceptors (Lipinski definition) is 6. The average Bonchev–Trinajstić information content (AvgIpc) is 3.38. The fraction of sp³-hybridized carbons (Fsp3) is 0.115. The van der Waals surface area contributed by atoms with E-state index < -0.39 is 0 Å². The monoisotopic (exact) mass is 455 g/mol. The Balaban J connectivity index is 1.44. The zero-order valence-electron chi connectivity index (χ0n) is 18.2.